The first-order valence-electron chi connectivity index (χ1n) is 8.69. The topological polar surface area (TPSA) is 50.7 Å². The largest absolute Gasteiger partial charge is 0.487 e. The van der Waals surface area contributed by atoms with Gasteiger partial charge in [-0.1, -0.05) is 41.9 Å². The summed E-state index contributed by atoms with van der Waals surface area (Å²) in [5.41, 5.74) is 6.02. The van der Waals surface area contributed by atoms with Gasteiger partial charge in [0.05, 0.1) is 13.4 Å². The molecule has 1 N–H and O–H groups in total. The standard InChI is InChI=1S/C22H17ClI2N2O2/c1-14-4-2-3-5-18(14)22(28)27-26-12-16-10-19(24)21(20(25)11-16)29-13-15-6-8-17(23)9-7-15/h2-12H,13H2,1H3,(H,27,28)/b26-12-. The van der Waals surface area contributed by atoms with Crippen LogP contribution in [0.2, 0.25) is 5.02 Å². The van der Waals surface area contributed by atoms with Crippen molar-refractivity contribution in [3.05, 3.63) is 95.1 Å². The molecular formula is C22H17ClI2N2O2. The van der Waals surface area contributed by atoms with Gasteiger partial charge in [0, 0.05) is 10.6 Å². The van der Waals surface area contributed by atoms with E-state index in [4.69, 9.17) is 16.3 Å². The van der Waals surface area contributed by atoms with Crippen molar-refractivity contribution in [2.24, 2.45) is 5.10 Å². The molecule has 0 aliphatic rings. The molecule has 0 radical (unpaired) electrons. The van der Waals surface area contributed by atoms with Crippen LogP contribution in [0.15, 0.2) is 65.8 Å². The Kier molecular flexibility index (Phi) is 7.91. The summed E-state index contributed by atoms with van der Waals surface area (Å²) in [5.74, 6) is 0.592. The van der Waals surface area contributed by atoms with Crippen LogP contribution < -0.4 is 10.2 Å². The third kappa shape index (κ3) is 6.16. The van der Waals surface area contributed by atoms with Gasteiger partial charge in [0.1, 0.15) is 12.4 Å². The summed E-state index contributed by atoms with van der Waals surface area (Å²) in [4.78, 5) is 12.2. The number of nitrogens with one attached hydrogen (secondary N) is 1. The van der Waals surface area contributed by atoms with Gasteiger partial charge in [-0.3, -0.25) is 4.79 Å². The summed E-state index contributed by atoms with van der Waals surface area (Å²) in [7, 11) is 0. The second-order valence-corrected chi connectivity index (χ2v) is 9.00. The Hall–Kier alpha value is -1.65. The van der Waals surface area contributed by atoms with Crippen molar-refractivity contribution in [1.29, 1.82) is 0 Å². The zero-order valence-electron chi connectivity index (χ0n) is 15.5. The van der Waals surface area contributed by atoms with Crippen LogP contribution in [0.1, 0.15) is 27.0 Å². The normalized spacial score (nSPS) is 10.9. The lowest BCUT2D eigenvalue weighted by atomic mass is 10.1. The molecule has 7 heteroatoms. The number of ether oxygens (including phenoxy) is 1. The highest BCUT2D eigenvalue weighted by molar-refractivity contribution is 14.1. The number of carbonyl (C=O) groups is 1. The molecule has 3 rings (SSSR count). The van der Waals surface area contributed by atoms with E-state index >= 15 is 0 Å². The molecule has 0 bridgehead atoms. The third-order valence-corrected chi connectivity index (χ3v) is 5.94. The fourth-order valence-electron chi connectivity index (χ4n) is 2.58. The highest BCUT2D eigenvalue weighted by Crippen LogP contribution is 2.29. The van der Waals surface area contributed by atoms with Gasteiger partial charge >= 0.3 is 0 Å². The molecule has 0 aromatic heterocycles. The van der Waals surface area contributed by atoms with E-state index in [2.05, 4.69) is 55.7 Å². The molecule has 3 aromatic carbocycles. The first-order chi connectivity index (χ1) is 13.9. The number of amides is 1. The van der Waals surface area contributed by atoms with Crippen LogP contribution >= 0.6 is 56.8 Å². The predicted molar refractivity (Wildman–Crippen MR) is 134 cm³/mol. The molecule has 0 aliphatic carbocycles. The molecule has 0 saturated heterocycles. The van der Waals surface area contributed by atoms with Crippen LogP contribution in [0.25, 0.3) is 0 Å². The molecular weight excluding hydrogens is 614 g/mol. The SMILES string of the molecule is Cc1ccccc1C(=O)N/N=C\c1cc(I)c(OCc2ccc(Cl)cc2)c(I)c1. The number of hydrazone groups is 1. The molecule has 1 amide bonds. The van der Waals surface area contributed by atoms with Gasteiger partial charge < -0.3 is 4.74 Å². The van der Waals surface area contributed by atoms with Crippen LogP contribution in [-0.2, 0) is 6.61 Å². The Balaban J connectivity index is 1.65. The van der Waals surface area contributed by atoms with Crippen molar-refractivity contribution in [3.63, 3.8) is 0 Å². The van der Waals surface area contributed by atoms with Crippen molar-refractivity contribution in [3.8, 4) is 5.75 Å². The zero-order chi connectivity index (χ0) is 20.8. The van der Waals surface area contributed by atoms with Crippen LogP contribution in [0.4, 0.5) is 0 Å². The number of hydrogen-bond donors (Lipinski definition) is 1. The smallest absolute Gasteiger partial charge is 0.271 e. The Morgan fingerprint density at radius 1 is 1.10 bits per heavy atom. The molecule has 0 atom stereocenters. The lowest BCUT2D eigenvalue weighted by Gasteiger charge is -2.11. The molecule has 0 saturated carbocycles. The van der Waals surface area contributed by atoms with Gasteiger partial charge in [-0.05, 0) is 99.1 Å². The van der Waals surface area contributed by atoms with Crippen LogP contribution in [-0.4, -0.2) is 12.1 Å². The Labute approximate surface area is 202 Å². The van der Waals surface area contributed by atoms with Crippen LogP contribution in [0.5, 0.6) is 5.75 Å². The summed E-state index contributed by atoms with van der Waals surface area (Å²) in [5, 5.41) is 4.79. The molecule has 148 valence electrons. The number of halogens is 3. The van der Waals surface area contributed by atoms with E-state index in [0.717, 1.165) is 29.6 Å². The minimum atomic E-state index is -0.230. The number of rotatable bonds is 6. The lowest BCUT2D eigenvalue weighted by Crippen LogP contribution is -2.18. The van der Waals surface area contributed by atoms with Crippen LogP contribution in [0.3, 0.4) is 0 Å². The van der Waals surface area contributed by atoms with Gasteiger partial charge in [-0.25, -0.2) is 5.43 Å². The van der Waals surface area contributed by atoms with Crippen molar-refractivity contribution < 1.29 is 9.53 Å². The van der Waals surface area contributed by atoms with E-state index < -0.39 is 0 Å². The number of hydrogen-bond acceptors (Lipinski definition) is 3. The van der Waals surface area contributed by atoms with E-state index in [1.165, 1.54) is 0 Å². The van der Waals surface area contributed by atoms with Gasteiger partial charge in [0.2, 0.25) is 0 Å². The fourth-order valence-corrected chi connectivity index (χ4v) is 4.84. The second kappa shape index (κ2) is 10.4. The molecule has 0 aliphatic heterocycles. The van der Waals surface area contributed by atoms with Gasteiger partial charge in [0.25, 0.3) is 5.91 Å². The molecule has 3 aromatic rings. The minimum absolute atomic E-state index is 0.230. The maximum atomic E-state index is 12.2. The number of carbonyl (C=O) groups excluding carboxylic acids is 1. The van der Waals surface area contributed by atoms with Gasteiger partial charge in [0.15, 0.2) is 0 Å². The third-order valence-electron chi connectivity index (χ3n) is 4.09. The summed E-state index contributed by atoms with van der Waals surface area (Å²) in [6.07, 6.45) is 1.63. The maximum absolute atomic E-state index is 12.2. The quantitative estimate of drug-likeness (QED) is 0.200. The molecule has 4 nitrogen and oxygen atoms in total. The van der Waals surface area contributed by atoms with E-state index in [9.17, 15) is 4.79 Å². The first kappa shape index (κ1) is 22.0. The summed E-state index contributed by atoms with van der Waals surface area (Å²) >= 11 is 10.4. The molecule has 29 heavy (non-hydrogen) atoms. The Morgan fingerprint density at radius 2 is 1.76 bits per heavy atom. The van der Waals surface area contributed by atoms with Crippen molar-refractivity contribution in [2.45, 2.75) is 13.5 Å². The number of benzene rings is 3. The predicted octanol–water partition coefficient (Wildman–Crippen LogP) is 6.20. The molecule has 0 spiro atoms. The molecule has 0 unspecified atom stereocenters. The first-order valence-corrected chi connectivity index (χ1v) is 11.2. The molecule has 0 fully saturated rings. The second-order valence-electron chi connectivity index (χ2n) is 6.24. The minimum Gasteiger partial charge on any atom is -0.487 e. The monoisotopic (exact) mass is 630 g/mol. The molecule has 0 heterocycles. The Bertz CT molecular complexity index is 1030. The van der Waals surface area contributed by atoms with Gasteiger partial charge in [-0.15, -0.1) is 0 Å². The van der Waals surface area contributed by atoms with Crippen molar-refractivity contribution in [2.75, 3.05) is 0 Å². The van der Waals surface area contributed by atoms with E-state index in [0.29, 0.717) is 17.2 Å². The van der Waals surface area contributed by atoms with Gasteiger partial charge in [-0.2, -0.15) is 5.10 Å². The van der Waals surface area contributed by atoms with E-state index in [-0.39, 0.29) is 5.91 Å². The zero-order valence-corrected chi connectivity index (χ0v) is 20.5. The number of aryl methyl sites for hydroxylation is 1. The highest BCUT2D eigenvalue weighted by Gasteiger charge is 2.10. The van der Waals surface area contributed by atoms with Crippen molar-refractivity contribution in [1.82, 2.24) is 5.43 Å². The van der Waals surface area contributed by atoms with E-state index in [1.54, 1.807) is 12.3 Å². The summed E-state index contributed by atoms with van der Waals surface area (Å²) in [6, 6.07) is 18.9. The van der Waals surface area contributed by atoms with Crippen molar-refractivity contribution >= 4 is 68.9 Å². The average Bonchev–Trinajstić information content (AvgIpc) is 2.69. The summed E-state index contributed by atoms with van der Waals surface area (Å²) < 4.78 is 7.93. The van der Waals surface area contributed by atoms with E-state index in [1.807, 2.05) is 61.5 Å². The maximum Gasteiger partial charge on any atom is 0.271 e. The van der Waals surface area contributed by atoms with Crippen LogP contribution in [0, 0.1) is 14.1 Å². The summed E-state index contributed by atoms with van der Waals surface area (Å²) in [6.45, 7) is 2.36. The fraction of sp³-hybridized carbons (Fsp3) is 0.0909. The highest BCUT2D eigenvalue weighted by atomic mass is 127. The average molecular weight is 631 g/mol. The number of nitrogens with zero attached hydrogens (tertiary/aromatic N) is 1. The lowest BCUT2D eigenvalue weighted by molar-refractivity contribution is 0.0954. The Morgan fingerprint density at radius 3 is 2.41 bits per heavy atom.